The molecule has 0 spiro atoms. The first-order chi connectivity index (χ1) is 13.6. The van der Waals surface area contributed by atoms with E-state index in [1.165, 1.54) is 11.8 Å². The molecule has 2 amide bonds. The Kier molecular flexibility index (Phi) is 6.70. The topological polar surface area (TPSA) is 81.4 Å². The highest BCUT2D eigenvalue weighted by atomic mass is 32.2. The van der Waals surface area contributed by atoms with Gasteiger partial charge in [0.1, 0.15) is 5.75 Å². The molecule has 0 radical (unpaired) electrons. The van der Waals surface area contributed by atoms with Crippen molar-refractivity contribution in [2.45, 2.75) is 4.90 Å². The Morgan fingerprint density at radius 1 is 0.893 bits per heavy atom. The molecule has 0 aromatic heterocycles. The smallest absolute Gasteiger partial charge is 0.262 e. The molecule has 6 heteroatoms. The maximum atomic E-state index is 12.4. The van der Waals surface area contributed by atoms with Crippen molar-refractivity contribution in [3.63, 3.8) is 0 Å². The third-order valence-corrected chi connectivity index (χ3v) is 4.96. The normalized spacial score (nSPS) is 10.3. The molecule has 0 aliphatic carbocycles. The van der Waals surface area contributed by atoms with E-state index in [2.05, 4.69) is 5.32 Å². The van der Waals surface area contributed by atoms with Crippen molar-refractivity contribution in [3.8, 4) is 16.9 Å². The lowest BCUT2D eigenvalue weighted by molar-refractivity contribution is -0.118. The minimum atomic E-state index is -0.410. The molecule has 3 N–H and O–H groups in total. The zero-order valence-electron chi connectivity index (χ0n) is 15.1. The number of carbonyl (C=O) groups excluding carboxylic acids is 2. The highest BCUT2D eigenvalue weighted by molar-refractivity contribution is 8.00. The maximum Gasteiger partial charge on any atom is 0.262 e. The van der Waals surface area contributed by atoms with Gasteiger partial charge in [-0.1, -0.05) is 60.7 Å². The van der Waals surface area contributed by atoms with Crippen LogP contribution < -0.4 is 15.8 Å². The van der Waals surface area contributed by atoms with Gasteiger partial charge in [-0.25, -0.2) is 0 Å². The van der Waals surface area contributed by atoms with Gasteiger partial charge in [0.15, 0.2) is 6.61 Å². The number of para-hydroxylation sites is 2. The predicted molar refractivity (Wildman–Crippen MR) is 112 cm³/mol. The third-order valence-electron chi connectivity index (χ3n) is 3.86. The van der Waals surface area contributed by atoms with Gasteiger partial charge in [0.25, 0.3) is 5.91 Å². The molecular weight excluding hydrogens is 372 g/mol. The lowest BCUT2D eigenvalue weighted by Gasteiger charge is -2.13. The summed E-state index contributed by atoms with van der Waals surface area (Å²) in [7, 11) is 0. The molecule has 0 heterocycles. The van der Waals surface area contributed by atoms with Crippen LogP contribution in [0.5, 0.6) is 5.75 Å². The van der Waals surface area contributed by atoms with Gasteiger partial charge in [0, 0.05) is 10.5 Å². The molecule has 5 nitrogen and oxygen atoms in total. The van der Waals surface area contributed by atoms with Gasteiger partial charge in [-0.15, -0.1) is 11.8 Å². The number of primary amides is 1. The second-order valence-corrected chi connectivity index (χ2v) is 6.97. The van der Waals surface area contributed by atoms with E-state index < -0.39 is 5.91 Å². The van der Waals surface area contributed by atoms with Crippen molar-refractivity contribution in [3.05, 3.63) is 78.9 Å². The molecule has 0 bridgehead atoms. The Hall–Kier alpha value is -3.25. The third kappa shape index (κ3) is 5.37. The predicted octanol–water partition coefficient (Wildman–Crippen LogP) is 3.95. The van der Waals surface area contributed by atoms with Crippen LogP contribution in [0.3, 0.4) is 0 Å². The van der Waals surface area contributed by atoms with Crippen molar-refractivity contribution < 1.29 is 14.3 Å². The molecule has 0 unspecified atom stereocenters. The minimum absolute atomic E-state index is 0.126. The second-order valence-electron chi connectivity index (χ2n) is 5.95. The lowest BCUT2D eigenvalue weighted by Crippen LogP contribution is -2.21. The van der Waals surface area contributed by atoms with Gasteiger partial charge in [-0.2, -0.15) is 0 Å². The summed E-state index contributed by atoms with van der Waals surface area (Å²) in [6.45, 7) is -0.126. The van der Waals surface area contributed by atoms with E-state index in [0.717, 1.165) is 16.0 Å². The Morgan fingerprint density at radius 2 is 1.57 bits per heavy atom. The molecule has 0 aliphatic heterocycles. The molecule has 3 rings (SSSR count). The second kappa shape index (κ2) is 9.62. The number of anilines is 1. The van der Waals surface area contributed by atoms with Gasteiger partial charge in [-0.05, 0) is 23.8 Å². The lowest BCUT2D eigenvalue weighted by atomic mass is 10.1. The molecule has 142 valence electrons. The average molecular weight is 392 g/mol. The van der Waals surface area contributed by atoms with Crippen LogP contribution in [-0.2, 0) is 9.59 Å². The fourth-order valence-electron chi connectivity index (χ4n) is 2.62. The SMILES string of the molecule is NC(=O)CSc1ccccc1NC(=O)COc1ccccc1-c1ccccc1. The van der Waals surface area contributed by atoms with E-state index in [4.69, 9.17) is 10.5 Å². The standard InChI is InChI=1S/C22H20N2O3S/c23-21(25)15-28-20-13-7-5-11-18(20)24-22(26)14-27-19-12-6-4-10-17(19)16-8-2-1-3-9-16/h1-13H,14-15H2,(H2,23,25)(H,24,26). The van der Waals surface area contributed by atoms with E-state index in [9.17, 15) is 9.59 Å². The van der Waals surface area contributed by atoms with Crippen LogP contribution in [0.2, 0.25) is 0 Å². The fourth-order valence-corrected chi connectivity index (χ4v) is 3.37. The van der Waals surface area contributed by atoms with Crippen LogP contribution in [0.1, 0.15) is 0 Å². The summed E-state index contributed by atoms with van der Waals surface area (Å²) in [6.07, 6.45) is 0. The molecule has 0 fully saturated rings. The van der Waals surface area contributed by atoms with Gasteiger partial charge in [0.05, 0.1) is 11.4 Å². The number of nitrogens with one attached hydrogen (secondary N) is 1. The number of nitrogens with two attached hydrogens (primary N) is 1. The van der Waals surface area contributed by atoms with Crippen LogP contribution in [0.25, 0.3) is 11.1 Å². The first-order valence-corrected chi connectivity index (χ1v) is 9.69. The van der Waals surface area contributed by atoms with E-state index in [1.54, 1.807) is 6.07 Å². The maximum absolute atomic E-state index is 12.4. The Morgan fingerprint density at radius 3 is 2.36 bits per heavy atom. The van der Waals surface area contributed by atoms with Gasteiger partial charge < -0.3 is 15.8 Å². The molecule has 0 saturated heterocycles. The Bertz CT molecular complexity index is 961. The number of rotatable bonds is 8. The quantitative estimate of drug-likeness (QED) is 0.569. The van der Waals surface area contributed by atoms with Crippen molar-refractivity contribution >= 4 is 29.3 Å². The number of hydrogen-bond donors (Lipinski definition) is 2. The molecule has 3 aromatic rings. The number of benzene rings is 3. The van der Waals surface area contributed by atoms with Crippen LogP contribution in [0, 0.1) is 0 Å². The molecule has 3 aromatic carbocycles. The van der Waals surface area contributed by atoms with Crippen LogP contribution in [-0.4, -0.2) is 24.2 Å². The summed E-state index contributed by atoms with van der Waals surface area (Å²) >= 11 is 1.28. The van der Waals surface area contributed by atoms with E-state index in [1.807, 2.05) is 72.8 Å². The summed E-state index contributed by atoms with van der Waals surface area (Å²) in [5.41, 5.74) is 7.77. The van der Waals surface area contributed by atoms with E-state index in [0.29, 0.717) is 11.4 Å². The van der Waals surface area contributed by atoms with Crippen LogP contribution in [0.4, 0.5) is 5.69 Å². The molecule has 0 saturated carbocycles. The summed E-state index contributed by atoms with van der Waals surface area (Å²) in [5.74, 6) is 0.0932. The zero-order valence-corrected chi connectivity index (χ0v) is 15.9. The largest absolute Gasteiger partial charge is 0.483 e. The van der Waals surface area contributed by atoms with Crippen LogP contribution >= 0.6 is 11.8 Å². The monoisotopic (exact) mass is 392 g/mol. The molecule has 0 atom stereocenters. The first kappa shape index (κ1) is 19.5. The first-order valence-electron chi connectivity index (χ1n) is 8.71. The van der Waals surface area contributed by atoms with Gasteiger partial charge >= 0.3 is 0 Å². The summed E-state index contributed by atoms with van der Waals surface area (Å²) in [6, 6.07) is 24.7. The highest BCUT2D eigenvalue weighted by Gasteiger charge is 2.11. The molecule has 0 aliphatic rings. The van der Waals surface area contributed by atoms with Crippen molar-refractivity contribution in [1.82, 2.24) is 0 Å². The summed E-state index contributed by atoms with van der Waals surface area (Å²) in [4.78, 5) is 24.2. The zero-order chi connectivity index (χ0) is 19.8. The van der Waals surface area contributed by atoms with Crippen molar-refractivity contribution in [1.29, 1.82) is 0 Å². The van der Waals surface area contributed by atoms with E-state index in [-0.39, 0.29) is 18.3 Å². The van der Waals surface area contributed by atoms with Gasteiger partial charge in [0.2, 0.25) is 5.91 Å². The average Bonchev–Trinajstić information content (AvgIpc) is 2.72. The number of ether oxygens (including phenoxy) is 1. The summed E-state index contributed by atoms with van der Waals surface area (Å²) < 4.78 is 5.77. The van der Waals surface area contributed by atoms with Crippen LogP contribution in [0.15, 0.2) is 83.8 Å². The fraction of sp³-hybridized carbons (Fsp3) is 0.0909. The molecule has 28 heavy (non-hydrogen) atoms. The number of amides is 2. The molecular formula is C22H20N2O3S. The van der Waals surface area contributed by atoms with Gasteiger partial charge in [-0.3, -0.25) is 9.59 Å². The number of thioether (sulfide) groups is 1. The number of carbonyl (C=O) groups is 2. The highest BCUT2D eigenvalue weighted by Crippen LogP contribution is 2.30. The summed E-state index contributed by atoms with van der Waals surface area (Å²) in [5, 5.41) is 2.83. The Balaban J connectivity index is 1.66. The van der Waals surface area contributed by atoms with Crippen molar-refractivity contribution in [2.75, 3.05) is 17.7 Å². The van der Waals surface area contributed by atoms with E-state index >= 15 is 0 Å². The number of hydrogen-bond acceptors (Lipinski definition) is 4. The minimum Gasteiger partial charge on any atom is -0.483 e. The van der Waals surface area contributed by atoms with Crippen molar-refractivity contribution in [2.24, 2.45) is 5.73 Å². The Labute approximate surface area is 167 Å².